The van der Waals surface area contributed by atoms with Gasteiger partial charge in [0, 0.05) is 12.7 Å². The minimum absolute atomic E-state index is 0.119. The van der Waals surface area contributed by atoms with Gasteiger partial charge in [-0.25, -0.2) is 9.59 Å². The summed E-state index contributed by atoms with van der Waals surface area (Å²) in [5, 5.41) is 14.8. The molecule has 0 aliphatic rings. The molecule has 0 saturated heterocycles. The average molecular weight is 437 g/mol. The molecule has 0 unspecified atom stereocenters. The van der Waals surface area contributed by atoms with Crippen LogP contribution < -0.4 is 15.4 Å². The highest BCUT2D eigenvalue weighted by atomic mass is 16.5. The van der Waals surface area contributed by atoms with Crippen LogP contribution in [-0.4, -0.2) is 45.7 Å². The molecule has 0 heterocycles. The van der Waals surface area contributed by atoms with Crippen LogP contribution in [0.2, 0.25) is 0 Å². The van der Waals surface area contributed by atoms with Crippen molar-refractivity contribution in [1.82, 2.24) is 5.32 Å². The average Bonchev–Trinajstić information content (AvgIpc) is 2.83. The maximum Gasteiger partial charge on any atom is 0.339 e. The summed E-state index contributed by atoms with van der Waals surface area (Å²) in [4.78, 5) is 36.1. The molecule has 166 valence electrons. The van der Waals surface area contributed by atoms with E-state index < -0.39 is 17.8 Å². The zero-order valence-electron chi connectivity index (χ0n) is 17.9. The predicted molar refractivity (Wildman–Crippen MR) is 116 cm³/mol. The Hall–Kier alpha value is -4.32. The Labute approximate surface area is 185 Å². The molecular formula is C23H23N3O6. The van der Waals surface area contributed by atoms with Crippen molar-refractivity contribution in [2.24, 2.45) is 0 Å². The number of rotatable bonds is 9. The van der Waals surface area contributed by atoms with Gasteiger partial charge in [-0.3, -0.25) is 4.79 Å². The highest BCUT2D eigenvalue weighted by Crippen LogP contribution is 2.20. The molecule has 0 fully saturated rings. The van der Waals surface area contributed by atoms with E-state index in [0.717, 1.165) is 17.5 Å². The van der Waals surface area contributed by atoms with Crippen LogP contribution in [-0.2, 0) is 20.7 Å². The summed E-state index contributed by atoms with van der Waals surface area (Å²) in [7, 11) is 4.03. The van der Waals surface area contributed by atoms with E-state index in [0.29, 0.717) is 13.0 Å². The van der Waals surface area contributed by atoms with Crippen LogP contribution in [0.1, 0.15) is 26.3 Å². The highest BCUT2D eigenvalue weighted by molar-refractivity contribution is 6.00. The van der Waals surface area contributed by atoms with Crippen molar-refractivity contribution >= 4 is 23.5 Å². The number of benzene rings is 2. The van der Waals surface area contributed by atoms with E-state index in [4.69, 9.17) is 9.47 Å². The molecule has 0 bridgehead atoms. The first-order valence-corrected chi connectivity index (χ1v) is 9.52. The van der Waals surface area contributed by atoms with E-state index in [1.807, 2.05) is 30.3 Å². The molecule has 2 aromatic rings. The van der Waals surface area contributed by atoms with Crippen molar-refractivity contribution in [3.8, 4) is 11.8 Å². The molecule has 2 aromatic carbocycles. The molecule has 0 aliphatic heterocycles. The van der Waals surface area contributed by atoms with Gasteiger partial charge in [0.15, 0.2) is 0 Å². The molecule has 9 nitrogen and oxygen atoms in total. The fourth-order valence-corrected chi connectivity index (χ4v) is 2.70. The molecule has 0 spiro atoms. The summed E-state index contributed by atoms with van der Waals surface area (Å²) in [5.74, 6) is -1.11. The van der Waals surface area contributed by atoms with Crippen LogP contribution in [0.25, 0.3) is 0 Å². The van der Waals surface area contributed by atoms with Crippen LogP contribution in [0.5, 0.6) is 5.75 Å². The number of nitrogens with zero attached hydrogens (tertiary/aromatic N) is 1. The second kappa shape index (κ2) is 11.8. The first-order chi connectivity index (χ1) is 15.4. The van der Waals surface area contributed by atoms with Gasteiger partial charge in [-0.2, -0.15) is 5.26 Å². The van der Waals surface area contributed by atoms with Crippen LogP contribution in [0.15, 0.2) is 54.2 Å². The van der Waals surface area contributed by atoms with Gasteiger partial charge < -0.3 is 24.8 Å². The molecule has 0 aliphatic carbocycles. The van der Waals surface area contributed by atoms with Gasteiger partial charge in [0.2, 0.25) is 0 Å². The van der Waals surface area contributed by atoms with E-state index in [2.05, 4.69) is 15.4 Å². The molecule has 1 amide bonds. The van der Waals surface area contributed by atoms with Crippen molar-refractivity contribution in [2.75, 3.05) is 33.2 Å². The summed E-state index contributed by atoms with van der Waals surface area (Å²) in [6.45, 7) is 0.315. The summed E-state index contributed by atoms with van der Waals surface area (Å²) >= 11 is 0. The molecule has 2 N–H and O–H groups in total. The van der Waals surface area contributed by atoms with Crippen LogP contribution in [0.3, 0.4) is 0 Å². The lowest BCUT2D eigenvalue weighted by atomic mass is 10.1. The van der Waals surface area contributed by atoms with Crippen LogP contribution in [0, 0.1) is 11.3 Å². The van der Waals surface area contributed by atoms with Gasteiger partial charge in [-0.05, 0) is 42.3 Å². The molecule has 0 atom stereocenters. The monoisotopic (exact) mass is 437 g/mol. The zero-order chi connectivity index (χ0) is 23.5. The van der Waals surface area contributed by atoms with Gasteiger partial charge in [0.05, 0.1) is 38.1 Å². The fourth-order valence-electron chi connectivity index (χ4n) is 2.70. The number of ether oxygens (including phenoxy) is 3. The van der Waals surface area contributed by atoms with Gasteiger partial charge in [-0.15, -0.1) is 0 Å². The third kappa shape index (κ3) is 6.34. The minimum Gasteiger partial charge on any atom is -0.497 e. The second-order valence-corrected chi connectivity index (χ2v) is 6.41. The molecule has 0 saturated carbocycles. The van der Waals surface area contributed by atoms with Gasteiger partial charge in [0.25, 0.3) is 5.91 Å². The third-order valence-electron chi connectivity index (χ3n) is 4.44. The molecular weight excluding hydrogens is 414 g/mol. The molecule has 0 aromatic heterocycles. The van der Waals surface area contributed by atoms with Crippen molar-refractivity contribution in [1.29, 1.82) is 5.26 Å². The molecule has 2 rings (SSSR count). The Morgan fingerprint density at radius 1 is 1.00 bits per heavy atom. The Kier molecular flexibility index (Phi) is 8.80. The number of anilines is 1. The molecule has 0 radical (unpaired) electrons. The Balaban J connectivity index is 2.09. The van der Waals surface area contributed by atoms with Crippen molar-refractivity contribution in [3.05, 3.63) is 70.9 Å². The molecule has 32 heavy (non-hydrogen) atoms. The lowest BCUT2D eigenvalue weighted by Gasteiger charge is -2.10. The quantitative estimate of drug-likeness (QED) is 0.348. The Morgan fingerprint density at radius 3 is 2.28 bits per heavy atom. The van der Waals surface area contributed by atoms with E-state index in [1.165, 1.54) is 32.4 Å². The summed E-state index contributed by atoms with van der Waals surface area (Å²) in [6, 6.07) is 13.4. The third-order valence-corrected chi connectivity index (χ3v) is 4.44. The number of hydrogen-bond acceptors (Lipinski definition) is 8. The number of carbonyl (C=O) groups excluding carboxylic acids is 3. The van der Waals surface area contributed by atoms with Gasteiger partial charge >= 0.3 is 11.9 Å². The van der Waals surface area contributed by atoms with E-state index in [9.17, 15) is 19.6 Å². The summed E-state index contributed by atoms with van der Waals surface area (Å²) in [5.41, 5.74) is 1.26. The van der Waals surface area contributed by atoms with Crippen molar-refractivity contribution in [3.63, 3.8) is 0 Å². The van der Waals surface area contributed by atoms with Crippen molar-refractivity contribution in [2.45, 2.75) is 6.42 Å². The fraction of sp³-hybridized carbons (Fsp3) is 0.217. The van der Waals surface area contributed by atoms with E-state index in [1.54, 1.807) is 7.11 Å². The maximum absolute atomic E-state index is 12.4. The SMILES string of the molecule is COC(=O)c1ccc(C(=O)OC)c(N/C=C(/C#N)C(=O)NCCc2ccc(OC)cc2)c1. The number of methoxy groups -OCH3 is 3. The van der Waals surface area contributed by atoms with Crippen LogP contribution in [0.4, 0.5) is 5.69 Å². The highest BCUT2D eigenvalue weighted by Gasteiger charge is 2.16. The van der Waals surface area contributed by atoms with Crippen molar-refractivity contribution < 1.29 is 28.6 Å². The topological polar surface area (TPSA) is 127 Å². The lowest BCUT2D eigenvalue weighted by Crippen LogP contribution is -2.27. The summed E-state index contributed by atoms with van der Waals surface area (Å²) < 4.78 is 14.5. The van der Waals surface area contributed by atoms with Gasteiger partial charge in [-0.1, -0.05) is 12.1 Å². The summed E-state index contributed by atoms with van der Waals surface area (Å²) in [6.07, 6.45) is 1.72. The largest absolute Gasteiger partial charge is 0.497 e. The Bertz CT molecular complexity index is 1050. The predicted octanol–water partition coefficient (Wildman–Crippen LogP) is 2.45. The first-order valence-electron chi connectivity index (χ1n) is 9.52. The van der Waals surface area contributed by atoms with E-state index >= 15 is 0 Å². The number of esters is 2. The standard InChI is InChI=1S/C23H23N3O6/c1-30-18-7-4-15(5-8-18)10-11-25-21(27)17(13-24)14-26-20-12-16(22(28)31-2)6-9-19(20)23(29)32-3/h4-9,12,14,26H,10-11H2,1-3H3,(H,25,27)/b17-14-. The smallest absolute Gasteiger partial charge is 0.339 e. The maximum atomic E-state index is 12.4. The van der Waals surface area contributed by atoms with Crippen LogP contribution >= 0.6 is 0 Å². The first kappa shape index (κ1) is 24.0. The number of nitriles is 1. The molecule has 9 heteroatoms. The van der Waals surface area contributed by atoms with E-state index in [-0.39, 0.29) is 22.4 Å². The second-order valence-electron chi connectivity index (χ2n) is 6.41. The lowest BCUT2D eigenvalue weighted by molar-refractivity contribution is -0.117. The van der Waals surface area contributed by atoms with Gasteiger partial charge in [0.1, 0.15) is 17.4 Å². The Morgan fingerprint density at radius 2 is 1.69 bits per heavy atom. The number of carbonyl (C=O) groups is 3. The normalized spacial score (nSPS) is 10.5. The number of hydrogen-bond donors (Lipinski definition) is 2. The minimum atomic E-state index is -0.653. The number of amides is 1. The number of nitrogens with one attached hydrogen (secondary N) is 2. The zero-order valence-corrected chi connectivity index (χ0v) is 17.9.